The Morgan fingerprint density at radius 2 is 1.69 bits per heavy atom. The smallest absolute Gasteiger partial charge is 0.276 e. The molecule has 10 heteroatoms. The lowest BCUT2D eigenvalue weighted by Gasteiger charge is -2.17. The molecule has 4 N–H and O–H groups in total. The number of aromatic amines is 2. The van der Waals surface area contributed by atoms with Crippen LogP contribution in [0.15, 0.2) is 82.5 Å². The van der Waals surface area contributed by atoms with Gasteiger partial charge in [-0.3, -0.25) is 9.59 Å². The van der Waals surface area contributed by atoms with Crippen LogP contribution in [0.25, 0.3) is 33.3 Å². The monoisotopic (exact) mass is 501 g/mol. The predicted molar refractivity (Wildman–Crippen MR) is 140 cm³/mol. The molecular formula is C26H23N5O4S. The molecule has 2 heterocycles. The van der Waals surface area contributed by atoms with E-state index in [1.807, 2.05) is 12.1 Å². The number of rotatable bonds is 6. The maximum Gasteiger partial charge on any atom is 0.276 e. The van der Waals surface area contributed by atoms with Crippen LogP contribution in [0.5, 0.6) is 0 Å². The van der Waals surface area contributed by atoms with Gasteiger partial charge in [-0.15, -0.1) is 0 Å². The Balaban J connectivity index is 1.42. The van der Waals surface area contributed by atoms with Crippen LogP contribution < -0.4 is 11.3 Å². The first-order valence-corrected chi connectivity index (χ1v) is 12.8. The summed E-state index contributed by atoms with van der Waals surface area (Å²) in [5, 5.41) is 0.565. The topological polar surface area (TPSA) is 142 Å². The van der Waals surface area contributed by atoms with E-state index >= 15 is 0 Å². The number of sulfone groups is 1. The second kappa shape index (κ2) is 8.97. The third-order valence-corrected chi connectivity index (χ3v) is 7.78. The van der Waals surface area contributed by atoms with Gasteiger partial charge in [0, 0.05) is 30.1 Å². The minimum atomic E-state index is -3.52. The number of carbonyl (C=O) groups is 1. The van der Waals surface area contributed by atoms with E-state index in [1.165, 1.54) is 17.0 Å². The van der Waals surface area contributed by atoms with E-state index in [9.17, 15) is 18.0 Å². The van der Waals surface area contributed by atoms with Crippen LogP contribution >= 0.6 is 0 Å². The number of anilines is 1. The predicted octanol–water partition coefficient (Wildman–Crippen LogP) is 3.20. The van der Waals surface area contributed by atoms with E-state index in [0.29, 0.717) is 38.9 Å². The fourth-order valence-corrected chi connectivity index (χ4v) is 5.38. The molecule has 9 nitrogen and oxygen atoms in total. The van der Waals surface area contributed by atoms with Gasteiger partial charge in [-0.05, 0) is 42.5 Å². The van der Waals surface area contributed by atoms with Crippen molar-refractivity contribution in [2.24, 2.45) is 0 Å². The molecule has 0 atom stereocenters. The largest absolute Gasteiger partial charge is 0.396 e. The van der Waals surface area contributed by atoms with Gasteiger partial charge < -0.3 is 20.6 Å². The number of hydrogen-bond donors (Lipinski definition) is 3. The second-order valence-corrected chi connectivity index (χ2v) is 10.6. The highest BCUT2D eigenvalue weighted by Gasteiger charge is 2.20. The number of hydrogen-bond acceptors (Lipinski definition) is 6. The molecule has 0 fully saturated rings. The quantitative estimate of drug-likeness (QED) is 0.326. The Morgan fingerprint density at radius 3 is 2.47 bits per heavy atom. The normalized spacial score (nSPS) is 11.7. The molecule has 0 saturated heterocycles. The number of nitrogens with one attached hydrogen (secondary N) is 2. The minimum Gasteiger partial charge on any atom is -0.396 e. The lowest BCUT2D eigenvalue weighted by atomic mass is 10.1. The number of nitrogen functional groups attached to an aromatic ring is 1. The third-order valence-electron chi connectivity index (χ3n) is 6.07. The molecule has 5 rings (SSSR count). The van der Waals surface area contributed by atoms with E-state index in [0.717, 1.165) is 0 Å². The summed E-state index contributed by atoms with van der Waals surface area (Å²) in [7, 11) is -1.96. The molecule has 0 saturated carbocycles. The number of H-pyrrole nitrogens is 2. The molecule has 36 heavy (non-hydrogen) atoms. The first kappa shape index (κ1) is 23.3. The third kappa shape index (κ3) is 4.22. The van der Waals surface area contributed by atoms with Crippen molar-refractivity contribution in [3.05, 3.63) is 88.7 Å². The average Bonchev–Trinajstić information content (AvgIpc) is 3.22. The lowest BCUT2D eigenvalue weighted by Crippen LogP contribution is -2.31. The Kier molecular flexibility index (Phi) is 5.81. The van der Waals surface area contributed by atoms with Gasteiger partial charge in [-0.2, -0.15) is 0 Å². The van der Waals surface area contributed by atoms with E-state index < -0.39 is 9.84 Å². The number of benzene rings is 3. The number of carbonyl (C=O) groups excluding carboxylic acids is 1. The molecular weight excluding hydrogens is 478 g/mol. The summed E-state index contributed by atoms with van der Waals surface area (Å²) >= 11 is 0. The summed E-state index contributed by atoms with van der Waals surface area (Å²) in [5.74, 6) is -0.544. The Morgan fingerprint density at radius 1 is 0.972 bits per heavy atom. The van der Waals surface area contributed by atoms with E-state index in [-0.39, 0.29) is 34.4 Å². The number of nitrogens with zero attached hydrogens (tertiary/aromatic N) is 2. The van der Waals surface area contributed by atoms with Gasteiger partial charge in [0.1, 0.15) is 0 Å². The van der Waals surface area contributed by atoms with Crippen molar-refractivity contribution in [2.75, 3.05) is 25.1 Å². The molecule has 1 amide bonds. The highest BCUT2D eigenvalue weighted by Crippen LogP contribution is 2.31. The number of para-hydroxylation sites is 2. The first-order chi connectivity index (χ1) is 17.2. The van der Waals surface area contributed by atoms with Gasteiger partial charge in [0.15, 0.2) is 15.5 Å². The SMILES string of the molecule is CN(CCS(=O)(=O)c1ccccc1)C(=O)c1ccc2[nH]c(-c3nc4ccccc4[nH]c3=O)c(N)c2c1. The highest BCUT2D eigenvalue weighted by molar-refractivity contribution is 7.91. The van der Waals surface area contributed by atoms with Crippen LogP contribution in [-0.4, -0.2) is 53.5 Å². The van der Waals surface area contributed by atoms with Crippen molar-refractivity contribution >= 4 is 43.4 Å². The van der Waals surface area contributed by atoms with Crippen molar-refractivity contribution in [3.8, 4) is 11.4 Å². The van der Waals surface area contributed by atoms with E-state index in [2.05, 4.69) is 15.0 Å². The molecule has 182 valence electrons. The van der Waals surface area contributed by atoms with Gasteiger partial charge in [-0.25, -0.2) is 13.4 Å². The van der Waals surface area contributed by atoms with Crippen molar-refractivity contribution in [2.45, 2.75) is 4.90 Å². The number of nitrogens with two attached hydrogens (primary N) is 1. The first-order valence-electron chi connectivity index (χ1n) is 11.2. The molecule has 0 aliphatic heterocycles. The molecule has 2 aromatic heterocycles. The van der Waals surface area contributed by atoms with Gasteiger partial charge in [0.2, 0.25) is 0 Å². The van der Waals surface area contributed by atoms with Crippen molar-refractivity contribution < 1.29 is 13.2 Å². The van der Waals surface area contributed by atoms with Gasteiger partial charge in [-0.1, -0.05) is 30.3 Å². The highest BCUT2D eigenvalue weighted by atomic mass is 32.2. The number of fused-ring (bicyclic) bond motifs is 2. The zero-order valence-electron chi connectivity index (χ0n) is 19.4. The maximum atomic E-state index is 13.0. The van der Waals surface area contributed by atoms with Gasteiger partial charge in [0.25, 0.3) is 11.5 Å². The Bertz CT molecular complexity index is 1780. The molecule has 3 aromatic carbocycles. The summed E-state index contributed by atoms with van der Waals surface area (Å²) in [4.78, 5) is 37.7. The molecule has 0 aliphatic carbocycles. The molecule has 0 unspecified atom stereocenters. The summed E-state index contributed by atoms with van der Waals surface area (Å²) in [6.07, 6.45) is 0. The van der Waals surface area contributed by atoms with Crippen LogP contribution in [0.4, 0.5) is 5.69 Å². The lowest BCUT2D eigenvalue weighted by molar-refractivity contribution is 0.0803. The van der Waals surface area contributed by atoms with Crippen LogP contribution in [0.3, 0.4) is 0 Å². The number of amides is 1. The van der Waals surface area contributed by atoms with Crippen molar-refractivity contribution in [1.82, 2.24) is 19.9 Å². The zero-order valence-corrected chi connectivity index (χ0v) is 20.2. The molecule has 5 aromatic rings. The van der Waals surface area contributed by atoms with Gasteiger partial charge >= 0.3 is 0 Å². The molecule has 0 bridgehead atoms. The minimum absolute atomic E-state index is 0.0261. The van der Waals surface area contributed by atoms with E-state index in [4.69, 9.17) is 5.73 Å². The number of aromatic nitrogens is 3. The fraction of sp³-hybridized carbons (Fsp3) is 0.115. The summed E-state index contributed by atoms with van der Waals surface area (Å²) in [6.45, 7) is 0.0261. The summed E-state index contributed by atoms with van der Waals surface area (Å²) in [6, 6.07) is 20.3. The van der Waals surface area contributed by atoms with E-state index in [1.54, 1.807) is 55.6 Å². The van der Waals surface area contributed by atoms with Crippen LogP contribution in [0, 0.1) is 0 Å². The summed E-state index contributed by atoms with van der Waals surface area (Å²) in [5.41, 5.74) is 9.03. The van der Waals surface area contributed by atoms with Crippen molar-refractivity contribution in [1.29, 1.82) is 0 Å². The average molecular weight is 502 g/mol. The maximum absolute atomic E-state index is 13.0. The Hall–Kier alpha value is -4.44. The molecule has 0 aliphatic rings. The summed E-state index contributed by atoms with van der Waals surface area (Å²) < 4.78 is 25.1. The van der Waals surface area contributed by atoms with Crippen molar-refractivity contribution in [3.63, 3.8) is 0 Å². The van der Waals surface area contributed by atoms with Crippen LogP contribution in [-0.2, 0) is 9.84 Å². The fourth-order valence-electron chi connectivity index (χ4n) is 4.06. The Labute approximate surface area is 206 Å². The standard InChI is InChI=1S/C26H23N5O4S/c1-31(13-14-36(34,35)17-7-3-2-4-8-17)26(33)16-11-12-19-18(15-16)22(27)23(28-19)24-25(32)30-21-10-6-5-9-20(21)29-24/h2-12,15,28H,13-14,27H2,1H3,(H,30,32). The second-order valence-electron chi connectivity index (χ2n) is 8.46. The zero-order chi connectivity index (χ0) is 25.4. The van der Waals surface area contributed by atoms with Gasteiger partial charge in [0.05, 0.1) is 33.1 Å². The van der Waals surface area contributed by atoms with Crippen LogP contribution in [0.1, 0.15) is 10.4 Å². The van der Waals surface area contributed by atoms with Crippen LogP contribution in [0.2, 0.25) is 0 Å². The molecule has 0 spiro atoms. The molecule has 0 radical (unpaired) electrons.